The number of carbonyl (C=O) groups is 2. The van der Waals surface area contributed by atoms with Crippen LogP contribution in [0.25, 0.3) is 0 Å². The molecule has 31 heavy (non-hydrogen) atoms. The van der Waals surface area contributed by atoms with Crippen molar-refractivity contribution in [1.82, 2.24) is 0 Å². The highest BCUT2D eigenvalue weighted by Crippen LogP contribution is 2.23. The van der Waals surface area contributed by atoms with Crippen molar-refractivity contribution in [3.63, 3.8) is 0 Å². The number of hydrogen-bond donors (Lipinski definition) is 3. The lowest BCUT2D eigenvalue weighted by Crippen LogP contribution is -2.51. The molecule has 0 aromatic heterocycles. The molecule has 0 bridgehead atoms. The van der Waals surface area contributed by atoms with Gasteiger partial charge in [0.2, 0.25) is 0 Å². The van der Waals surface area contributed by atoms with Gasteiger partial charge in [-0.25, -0.2) is 0 Å². The van der Waals surface area contributed by atoms with E-state index in [1.54, 1.807) is 21.1 Å². The number of aliphatic hydroxyl groups excluding tert-OH is 1. The van der Waals surface area contributed by atoms with E-state index in [4.69, 9.17) is 5.11 Å². The number of likely N-dealkylation sites (N-methyl/N-ethyl adjacent to an activating group) is 1. The van der Waals surface area contributed by atoms with Gasteiger partial charge in [0.15, 0.2) is 11.4 Å². The lowest BCUT2D eigenvalue weighted by molar-refractivity contribution is -0.876. The van der Waals surface area contributed by atoms with Crippen molar-refractivity contribution in [3.05, 3.63) is 11.8 Å². The van der Waals surface area contributed by atoms with E-state index in [0.29, 0.717) is 6.42 Å². The maximum absolute atomic E-state index is 12.2. The van der Waals surface area contributed by atoms with Gasteiger partial charge in [0.1, 0.15) is 12.3 Å². The zero-order valence-corrected chi connectivity index (χ0v) is 20.5. The molecule has 6 nitrogen and oxygen atoms in total. The molecule has 0 heterocycles. The SMILES string of the molecule is CCCCCCCCCCCCCCCC(=O)C=C(O)C(O)(CC(=O)O)C[N+](C)(C)C. The van der Waals surface area contributed by atoms with Crippen LogP contribution in [0.4, 0.5) is 0 Å². The van der Waals surface area contributed by atoms with Crippen LogP contribution in [-0.4, -0.2) is 64.8 Å². The zero-order valence-electron chi connectivity index (χ0n) is 20.5. The summed E-state index contributed by atoms with van der Waals surface area (Å²) in [7, 11) is 5.36. The second-order valence-corrected chi connectivity index (χ2v) is 10.0. The first kappa shape index (κ1) is 29.6. The van der Waals surface area contributed by atoms with Gasteiger partial charge in [-0.05, 0) is 6.42 Å². The van der Waals surface area contributed by atoms with Crippen LogP contribution >= 0.6 is 0 Å². The molecule has 182 valence electrons. The summed E-state index contributed by atoms with van der Waals surface area (Å²) in [6.45, 7) is 2.24. The van der Waals surface area contributed by atoms with Gasteiger partial charge in [-0.2, -0.15) is 0 Å². The van der Waals surface area contributed by atoms with E-state index in [-0.39, 0.29) is 16.8 Å². The molecule has 0 rings (SSSR count). The number of carboxylic acids is 1. The van der Waals surface area contributed by atoms with Crippen molar-refractivity contribution in [2.45, 2.75) is 109 Å². The molecule has 0 saturated carbocycles. The molecule has 1 atom stereocenters. The van der Waals surface area contributed by atoms with E-state index in [9.17, 15) is 19.8 Å². The second kappa shape index (κ2) is 16.3. The lowest BCUT2D eigenvalue weighted by atomic mass is 9.94. The Bertz CT molecular complexity index is 539. The predicted molar refractivity (Wildman–Crippen MR) is 126 cm³/mol. The molecule has 0 radical (unpaired) electrons. The predicted octanol–water partition coefficient (Wildman–Crippen LogP) is 5.39. The molecule has 0 saturated heterocycles. The third-order valence-corrected chi connectivity index (χ3v) is 5.48. The fourth-order valence-corrected chi connectivity index (χ4v) is 3.94. The van der Waals surface area contributed by atoms with Crippen LogP contribution in [0.3, 0.4) is 0 Å². The average molecular weight is 443 g/mol. The number of quaternary nitrogens is 1. The number of aliphatic hydroxyl groups is 2. The minimum atomic E-state index is -1.95. The van der Waals surface area contributed by atoms with Crippen LogP contribution in [0.2, 0.25) is 0 Å². The van der Waals surface area contributed by atoms with E-state index in [0.717, 1.165) is 25.3 Å². The normalized spacial score (nSPS) is 14.4. The smallest absolute Gasteiger partial charge is 0.307 e. The number of carbonyl (C=O) groups excluding carboxylic acids is 1. The van der Waals surface area contributed by atoms with Crippen molar-refractivity contribution in [2.24, 2.45) is 0 Å². The quantitative estimate of drug-likeness (QED) is 0.102. The Morgan fingerprint density at radius 1 is 0.774 bits per heavy atom. The Labute approximate surface area is 189 Å². The number of carboxylic acid groups (broad SMARTS) is 1. The number of rotatable bonds is 20. The first-order chi connectivity index (χ1) is 14.5. The summed E-state index contributed by atoms with van der Waals surface area (Å²) in [6.07, 6.45) is 16.6. The number of aliphatic carboxylic acids is 1. The highest BCUT2D eigenvalue weighted by Gasteiger charge is 2.40. The molecular formula is C25H48NO5+. The lowest BCUT2D eigenvalue weighted by Gasteiger charge is -2.34. The molecule has 0 aromatic rings. The van der Waals surface area contributed by atoms with Crippen molar-refractivity contribution in [3.8, 4) is 0 Å². The molecule has 3 N–H and O–H groups in total. The standard InChI is InChI=1S/C25H47NO5/c1-5-6-7-8-9-10-11-12-13-14-15-16-17-18-22(27)19-23(28)25(31,20-24(29)30)21-26(2,3)4/h19,31H,5-18,20-21H2,1-4H3,(H-,27,28,29,30)/p+1. The molecule has 6 heteroatoms. The van der Waals surface area contributed by atoms with Crippen LogP contribution in [0.15, 0.2) is 11.8 Å². The third-order valence-electron chi connectivity index (χ3n) is 5.48. The monoisotopic (exact) mass is 442 g/mol. The number of unbranched alkanes of at least 4 members (excludes halogenated alkanes) is 12. The average Bonchev–Trinajstić information content (AvgIpc) is 2.63. The Morgan fingerprint density at radius 3 is 1.58 bits per heavy atom. The molecule has 0 fully saturated rings. The molecule has 1 unspecified atom stereocenters. The molecule has 0 aliphatic carbocycles. The number of ketones is 1. The van der Waals surface area contributed by atoms with Gasteiger partial charge in [-0.3, -0.25) is 9.59 Å². The molecule has 0 aliphatic heterocycles. The Morgan fingerprint density at radius 2 is 1.19 bits per heavy atom. The van der Waals surface area contributed by atoms with Crippen LogP contribution in [-0.2, 0) is 9.59 Å². The molecular weight excluding hydrogens is 394 g/mol. The number of allylic oxidation sites excluding steroid dienone is 1. The summed E-state index contributed by atoms with van der Waals surface area (Å²) >= 11 is 0. The Hall–Kier alpha value is -1.40. The van der Waals surface area contributed by atoms with E-state index in [1.807, 2.05) is 0 Å². The first-order valence-electron chi connectivity index (χ1n) is 12.2. The summed E-state index contributed by atoms with van der Waals surface area (Å²) in [6, 6.07) is 0. The van der Waals surface area contributed by atoms with Crippen LogP contribution < -0.4 is 0 Å². The summed E-state index contributed by atoms with van der Waals surface area (Å²) < 4.78 is 0.259. The van der Waals surface area contributed by atoms with Crippen molar-refractivity contribution in [1.29, 1.82) is 0 Å². The summed E-state index contributed by atoms with van der Waals surface area (Å²) in [5.74, 6) is -2.05. The van der Waals surface area contributed by atoms with Crippen LogP contribution in [0, 0.1) is 0 Å². The van der Waals surface area contributed by atoms with Gasteiger partial charge in [0.25, 0.3) is 0 Å². The van der Waals surface area contributed by atoms with Crippen LogP contribution in [0.5, 0.6) is 0 Å². The van der Waals surface area contributed by atoms with Gasteiger partial charge in [-0.15, -0.1) is 0 Å². The minimum Gasteiger partial charge on any atom is -0.509 e. The maximum atomic E-state index is 12.2. The topological polar surface area (TPSA) is 94.8 Å². The summed E-state index contributed by atoms with van der Waals surface area (Å²) in [4.78, 5) is 23.3. The fraction of sp³-hybridized carbons (Fsp3) is 0.840. The van der Waals surface area contributed by atoms with Gasteiger partial charge in [-0.1, -0.05) is 84.0 Å². The van der Waals surface area contributed by atoms with E-state index in [1.165, 1.54) is 64.2 Å². The van der Waals surface area contributed by atoms with E-state index in [2.05, 4.69) is 6.92 Å². The summed E-state index contributed by atoms with van der Waals surface area (Å²) in [5.41, 5.74) is -1.95. The second-order valence-electron chi connectivity index (χ2n) is 10.0. The largest absolute Gasteiger partial charge is 0.509 e. The van der Waals surface area contributed by atoms with Crippen molar-refractivity contribution >= 4 is 11.8 Å². The molecule has 0 spiro atoms. The Balaban J connectivity index is 4.07. The molecule has 0 aromatic carbocycles. The van der Waals surface area contributed by atoms with Gasteiger partial charge in [0.05, 0.1) is 27.6 Å². The third kappa shape index (κ3) is 16.9. The van der Waals surface area contributed by atoms with Crippen LogP contribution in [0.1, 0.15) is 103 Å². The van der Waals surface area contributed by atoms with E-state index >= 15 is 0 Å². The zero-order chi connectivity index (χ0) is 23.8. The van der Waals surface area contributed by atoms with Gasteiger partial charge >= 0.3 is 5.97 Å². The number of hydrogen-bond acceptors (Lipinski definition) is 4. The van der Waals surface area contributed by atoms with E-state index < -0.39 is 23.8 Å². The van der Waals surface area contributed by atoms with Gasteiger partial charge < -0.3 is 19.8 Å². The number of nitrogens with zero attached hydrogens (tertiary/aromatic N) is 1. The van der Waals surface area contributed by atoms with Gasteiger partial charge in [0, 0.05) is 12.5 Å². The molecule has 0 aliphatic rings. The highest BCUT2D eigenvalue weighted by atomic mass is 16.4. The fourth-order valence-electron chi connectivity index (χ4n) is 3.94. The first-order valence-corrected chi connectivity index (χ1v) is 12.2. The minimum absolute atomic E-state index is 0.00630. The summed E-state index contributed by atoms with van der Waals surface area (Å²) in [5, 5.41) is 30.0. The van der Waals surface area contributed by atoms with Crippen molar-refractivity contribution < 1.29 is 29.4 Å². The maximum Gasteiger partial charge on any atom is 0.307 e. The van der Waals surface area contributed by atoms with Crippen molar-refractivity contribution in [2.75, 3.05) is 27.7 Å². The highest BCUT2D eigenvalue weighted by molar-refractivity contribution is 5.90. The Kier molecular flexibility index (Phi) is 15.5. The molecule has 0 amide bonds.